The zero-order valence-corrected chi connectivity index (χ0v) is 8.75. The van der Waals surface area contributed by atoms with Crippen molar-refractivity contribution in [1.82, 2.24) is 5.43 Å². The summed E-state index contributed by atoms with van der Waals surface area (Å²) < 4.78 is 10.6. The molecule has 1 aromatic heterocycles. The molecule has 1 rings (SSSR count). The summed E-state index contributed by atoms with van der Waals surface area (Å²) in [6.45, 7) is 5.33. The Morgan fingerprint density at radius 1 is 1.64 bits per heavy atom. The highest BCUT2D eigenvalue weighted by Crippen LogP contribution is 2.18. The van der Waals surface area contributed by atoms with Gasteiger partial charge in [0.1, 0.15) is 5.76 Å². The monoisotopic (exact) mass is 198 g/mol. The van der Waals surface area contributed by atoms with Gasteiger partial charge in [-0.1, -0.05) is 6.92 Å². The molecular formula is C10H18N2O2. The van der Waals surface area contributed by atoms with E-state index in [0.29, 0.717) is 6.61 Å². The van der Waals surface area contributed by atoms with Crippen molar-refractivity contribution in [2.75, 3.05) is 13.2 Å². The molecule has 3 N–H and O–H groups in total. The number of aryl methyl sites for hydroxylation is 1. The molecule has 4 nitrogen and oxygen atoms in total. The Labute approximate surface area is 84.4 Å². The lowest BCUT2D eigenvalue weighted by Crippen LogP contribution is -2.31. The maximum absolute atomic E-state index is 5.44. The van der Waals surface area contributed by atoms with Crippen LogP contribution in [-0.2, 0) is 4.74 Å². The van der Waals surface area contributed by atoms with Gasteiger partial charge in [-0.25, -0.2) is 0 Å². The predicted molar refractivity (Wildman–Crippen MR) is 54.6 cm³/mol. The summed E-state index contributed by atoms with van der Waals surface area (Å²) in [5, 5.41) is 0. The fourth-order valence-corrected chi connectivity index (χ4v) is 1.33. The number of rotatable bonds is 6. The lowest BCUT2D eigenvalue weighted by molar-refractivity contribution is 0.111. The third-order valence-corrected chi connectivity index (χ3v) is 2.11. The molecule has 0 saturated heterocycles. The Kier molecular flexibility index (Phi) is 4.65. The van der Waals surface area contributed by atoms with Gasteiger partial charge in [0.2, 0.25) is 0 Å². The third-order valence-electron chi connectivity index (χ3n) is 2.11. The van der Waals surface area contributed by atoms with Crippen molar-refractivity contribution in [3.05, 3.63) is 23.7 Å². The van der Waals surface area contributed by atoms with E-state index in [1.807, 2.05) is 13.0 Å². The number of hydrogen-bond acceptors (Lipinski definition) is 4. The van der Waals surface area contributed by atoms with Crippen LogP contribution in [0.2, 0.25) is 0 Å². The number of furan rings is 1. The maximum atomic E-state index is 5.44. The molecular weight excluding hydrogens is 180 g/mol. The predicted octanol–water partition coefficient (Wildman–Crippen LogP) is 1.52. The fraction of sp³-hybridized carbons (Fsp3) is 0.600. The molecule has 0 amide bonds. The molecule has 14 heavy (non-hydrogen) atoms. The van der Waals surface area contributed by atoms with Crippen LogP contribution >= 0.6 is 0 Å². The molecule has 1 heterocycles. The van der Waals surface area contributed by atoms with E-state index < -0.39 is 0 Å². The molecule has 0 aromatic carbocycles. The second-order valence-corrected chi connectivity index (χ2v) is 3.23. The first-order valence-corrected chi connectivity index (χ1v) is 4.87. The largest absolute Gasteiger partial charge is 0.469 e. The first kappa shape index (κ1) is 11.2. The van der Waals surface area contributed by atoms with Gasteiger partial charge >= 0.3 is 0 Å². The topological polar surface area (TPSA) is 60.4 Å². The van der Waals surface area contributed by atoms with E-state index in [2.05, 4.69) is 12.3 Å². The zero-order valence-electron chi connectivity index (χ0n) is 8.75. The Morgan fingerprint density at radius 3 is 2.93 bits per heavy atom. The number of ether oxygens (including phenoxy) is 1. The van der Waals surface area contributed by atoms with Crippen molar-refractivity contribution < 1.29 is 9.15 Å². The standard InChI is InChI=1S/C10H18N2O2/c1-3-5-13-7-10(12-11)9-4-6-14-8(9)2/h4,6,10,12H,3,5,7,11H2,1-2H3. The second-order valence-electron chi connectivity index (χ2n) is 3.23. The molecule has 0 radical (unpaired) electrons. The van der Waals surface area contributed by atoms with Crippen molar-refractivity contribution in [2.45, 2.75) is 26.3 Å². The minimum Gasteiger partial charge on any atom is -0.469 e. The van der Waals surface area contributed by atoms with Crippen LogP contribution in [0.25, 0.3) is 0 Å². The van der Waals surface area contributed by atoms with E-state index >= 15 is 0 Å². The molecule has 0 aliphatic rings. The van der Waals surface area contributed by atoms with E-state index in [1.54, 1.807) is 6.26 Å². The quantitative estimate of drug-likeness (QED) is 0.413. The van der Waals surface area contributed by atoms with Gasteiger partial charge in [0.15, 0.2) is 0 Å². The van der Waals surface area contributed by atoms with Crippen LogP contribution in [0.4, 0.5) is 0 Å². The maximum Gasteiger partial charge on any atom is 0.105 e. The highest BCUT2D eigenvalue weighted by atomic mass is 16.5. The molecule has 4 heteroatoms. The van der Waals surface area contributed by atoms with Crippen LogP contribution in [-0.4, -0.2) is 13.2 Å². The summed E-state index contributed by atoms with van der Waals surface area (Å²) in [4.78, 5) is 0. The van der Waals surface area contributed by atoms with Crippen LogP contribution in [0.1, 0.15) is 30.7 Å². The summed E-state index contributed by atoms with van der Waals surface area (Å²) >= 11 is 0. The minimum absolute atomic E-state index is 0.0142. The Bertz CT molecular complexity index is 260. The fourth-order valence-electron chi connectivity index (χ4n) is 1.33. The van der Waals surface area contributed by atoms with Gasteiger partial charge in [0.25, 0.3) is 0 Å². The van der Waals surface area contributed by atoms with Crippen LogP contribution < -0.4 is 11.3 Å². The molecule has 0 spiro atoms. The summed E-state index contributed by atoms with van der Waals surface area (Å²) in [6, 6.07) is 1.93. The first-order valence-electron chi connectivity index (χ1n) is 4.87. The van der Waals surface area contributed by atoms with Crippen molar-refractivity contribution in [2.24, 2.45) is 5.84 Å². The molecule has 0 saturated carbocycles. The van der Waals surface area contributed by atoms with Crippen molar-refractivity contribution in [1.29, 1.82) is 0 Å². The van der Waals surface area contributed by atoms with Gasteiger partial charge in [-0.2, -0.15) is 0 Å². The molecule has 0 aliphatic carbocycles. The van der Waals surface area contributed by atoms with Gasteiger partial charge in [-0.3, -0.25) is 11.3 Å². The Morgan fingerprint density at radius 2 is 2.43 bits per heavy atom. The second kappa shape index (κ2) is 5.80. The lowest BCUT2D eigenvalue weighted by Gasteiger charge is -2.15. The summed E-state index contributed by atoms with van der Waals surface area (Å²) in [7, 11) is 0. The van der Waals surface area contributed by atoms with Gasteiger partial charge in [0, 0.05) is 12.2 Å². The van der Waals surface area contributed by atoms with Crippen LogP contribution in [0.5, 0.6) is 0 Å². The first-order chi connectivity index (χ1) is 6.79. The summed E-state index contributed by atoms with van der Waals surface area (Å²) in [5.74, 6) is 6.33. The zero-order chi connectivity index (χ0) is 10.4. The van der Waals surface area contributed by atoms with E-state index in [4.69, 9.17) is 15.0 Å². The van der Waals surface area contributed by atoms with Crippen LogP contribution in [0.3, 0.4) is 0 Å². The van der Waals surface area contributed by atoms with Crippen molar-refractivity contribution in [3.63, 3.8) is 0 Å². The number of nitrogens with one attached hydrogen (secondary N) is 1. The van der Waals surface area contributed by atoms with E-state index in [0.717, 1.165) is 24.4 Å². The van der Waals surface area contributed by atoms with Gasteiger partial charge < -0.3 is 9.15 Å². The molecule has 0 fully saturated rings. The van der Waals surface area contributed by atoms with E-state index in [-0.39, 0.29) is 6.04 Å². The molecule has 1 unspecified atom stereocenters. The summed E-state index contributed by atoms with van der Waals surface area (Å²) in [6.07, 6.45) is 2.68. The lowest BCUT2D eigenvalue weighted by atomic mass is 10.1. The SMILES string of the molecule is CCCOCC(NN)c1ccoc1C. The average Bonchev–Trinajstić information content (AvgIpc) is 2.60. The van der Waals surface area contributed by atoms with Crippen LogP contribution in [0, 0.1) is 6.92 Å². The number of hydrazine groups is 1. The summed E-state index contributed by atoms with van der Waals surface area (Å²) in [5.41, 5.74) is 3.78. The van der Waals surface area contributed by atoms with Crippen molar-refractivity contribution in [3.8, 4) is 0 Å². The smallest absolute Gasteiger partial charge is 0.105 e. The van der Waals surface area contributed by atoms with Crippen LogP contribution in [0.15, 0.2) is 16.7 Å². The van der Waals surface area contributed by atoms with Crippen molar-refractivity contribution >= 4 is 0 Å². The highest BCUT2D eigenvalue weighted by molar-refractivity contribution is 5.19. The average molecular weight is 198 g/mol. The molecule has 80 valence electrons. The third kappa shape index (κ3) is 2.83. The number of nitrogens with two attached hydrogens (primary N) is 1. The highest BCUT2D eigenvalue weighted by Gasteiger charge is 2.13. The molecule has 1 aromatic rings. The van der Waals surface area contributed by atoms with E-state index in [1.165, 1.54) is 0 Å². The number of hydrogen-bond donors (Lipinski definition) is 2. The molecule has 1 atom stereocenters. The normalized spacial score (nSPS) is 13.1. The minimum atomic E-state index is 0.0142. The Balaban J connectivity index is 2.50. The Hall–Kier alpha value is -0.840. The molecule has 0 bridgehead atoms. The van der Waals surface area contributed by atoms with Gasteiger partial charge in [-0.05, 0) is 19.4 Å². The van der Waals surface area contributed by atoms with E-state index in [9.17, 15) is 0 Å². The van der Waals surface area contributed by atoms with Gasteiger partial charge in [0.05, 0.1) is 18.9 Å². The molecule has 0 aliphatic heterocycles. The van der Waals surface area contributed by atoms with Gasteiger partial charge in [-0.15, -0.1) is 0 Å².